The Morgan fingerprint density at radius 1 is 1.32 bits per heavy atom. The summed E-state index contributed by atoms with van der Waals surface area (Å²) in [6.07, 6.45) is 4.74. The first kappa shape index (κ1) is 20.3. The van der Waals surface area contributed by atoms with Crippen LogP contribution in [0.4, 0.5) is 5.69 Å². The molecule has 8 heteroatoms. The molecule has 2 aliphatic rings. The van der Waals surface area contributed by atoms with E-state index in [1.807, 2.05) is 0 Å². The smallest absolute Gasteiger partial charge is 0.272 e. The van der Waals surface area contributed by atoms with Crippen molar-refractivity contribution in [3.05, 3.63) is 39.4 Å². The number of nitrogens with zero attached hydrogens (tertiary/aromatic N) is 2. The number of rotatable bonds is 6. The van der Waals surface area contributed by atoms with Crippen molar-refractivity contribution >= 4 is 17.5 Å². The normalized spacial score (nSPS) is 22.1. The van der Waals surface area contributed by atoms with E-state index in [1.165, 1.54) is 31.0 Å². The topological polar surface area (TPSA) is 105 Å². The van der Waals surface area contributed by atoms with Crippen molar-refractivity contribution in [3.63, 3.8) is 0 Å². The number of hydrogen-bond acceptors (Lipinski definition) is 5. The molecule has 2 saturated heterocycles. The number of hydrogen-bond donors (Lipinski definition) is 2. The molecule has 0 radical (unpaired) electrons. The first-order chi connectivity index (χ1) is 13.5. The van der Waals surface area contributed by atoms with E-state index in [0.717, 1.165) is 25.9 Å². The monoisotopic (exact) mass is 388 g/mol. The van der Waals surface area contributed by atoms with Crippen LogP contribution in [0.2, 0.25) is 0 Å². The highest BCUT2D eigenvalue weighted by molar-refractivity contribution is 5.98. The number of amides is 2. The van der Waals surface area contributed by atoms with Crippen LogP contribution in [0.15, 0.2) is 18.2 Å². The van der Waals surface area contributed by atoms with Crippen LogP contribution in [0.1, 0.15) is 48.0 Å². The van der Waals surface area contributed by atoms with Gasteiger partial charge in [0.25, 0.3) is 11.6 Å². The van der Waals surface area contributed by atoms with Crippen molar-refractivity contribution in [3.8, 4) is 0 Å². The number of benzene rings is 1. The first-order valence-electron chi connectivity index (χ1n) is 10.0. The van der Waals surface area contributed by atoms with Gasteiger partial charge in [0, 0.05) is 30.3 Å². The standard InChI is InChI=1S/C20H28N4O4/c1-14-12-16(6-7-17(14)24(27)28)20(26)23-11-3-5-18(23)19(25)22-10-8-15-4-2-9-21-13-15/h6-7,12,15,18,21H,2-5,8-11,13H2,1H3,(H,22,25). The molecule has 3 rings (SSSR count). The molecule has 2 N–H and O–H groups in total. The van der Waals surface area contributed by atoms with Gasteiger partial charge < -0.3 is 15.5 Å². The predicted molar refractivity (Wildman–Crippen MR) is 105 cm³/mol. The number of aryl methyl sites for hydroxylation is 1. The average molecular weight is 388 g/mol. The van der Waals surface area contributed by atoms with Gasteiger partial charge in [-0.05, 0) is 70.2 Å². The summed E-state index contributed by atoms with van der Waals surface area (Å²) in [6.45, 7) is 4.84. The van der Waals surface area contributed by atoms with Gasteiger partial charge in [-0.25, -0.2) is 0 Å². The molecule has 1 aromatic rings. The van der Waals surface area contributed by atoms with Gasteiger partial charge in [0.15, 0.2) is 0 Å². The lowest BCUT2D eigenvalue weighted by atomic mass is 9.96. The predicted octanol–water partition coefficient (Wildman–Crippen LogP) is 2.01. The molecule has 28 heavy (non-hydrogen) atoms. The van der Waals surface area contributed by atoms with Gasteiger partial charge in [-0.1, -0.05) is 0 Å². The molecular formula is C20H28N4O4. The molecular weight excluding hydrogens is 360 g/mol. The fraction of sp³-hybridized carbons (Fsp3) is 0.600. The summed E-state index contributed by atoms with van der Waals surface area (Å²) in [6, 6.07) is 3.89. The second-order valence-electron chi connectivity index (χ2n) is 7.71. The van der Waals surface area contributed by atoms with E-state index < -0.39 is 11.0 Å². The zero-order chi connectivity index (χ0) is 20.1. The van der Waals surface area contributed by atoms with E-state index in [-0.39, 0.29) is 17.5 Å². The average Bonchev–Trinajstić information content (AvgIpc) is 3.17. The number of nitro benzene ring substituents is 1. The van der Waals surface area contributed by atoms with Crippen molar-refractivity contribution in [1.29, 1.82) is 0 Å². The Balaban J connectivity index is 1.58. The summed E-state index contributed by atoms with van der Waals surface area (Å²) in [4.78, 5) is 37.6. The number of carbonyl (C=O) groups excluding carboxylic acids is 2. The SMILES string of the molecule is Cc1cc(C(=O)N2CCCC2C(=O)NCCC2CCCNC2)ccc1[N+](=O)[O-]. The summed E-state index contributed by atoms with van der Waals surface area (Å²) in [5, 5.41) is 17.3. The second kappa shape index (κ2) is 9.14. The van der Waals surface area contributed by atoms with Crippen molar-refractivity contribution in [2.24, 2.45) is 5.92 Å². The lowest BCUT2D eigenvalue weighted by molar-refractivity contribution is -0.385. The van der Waals surface area contributed by atoms with Gasteiger partial charge in [0.2, 0.25) is 5.91 Å². The minimum absolute atomic E-state index is 0.00975. The van der Waals surface area contributed by atoms with E-state index >= 15 is 0 Å². The lowest BCUT2D eigenvalue weighted by Crippen LogP contribution is -2.46. The molecule has 0 bridgehead atoms. The van der Waals surface area contributed by atoms with E-state index in [1.54, 1.807) is 11.8 Å². The van der Waals surface area contributed by atoms with Crippen LogP contribution in [-0.2, 0) is 4.79 Å². The Bertz CT molecular complexity index is 746. The third-order valence-corrected chi connectivity index (χ3v) is 5.71. The molecule has 2 amide bonds. The van der Waals surface area contributed by atoms with Gasteiger partial charge in [-0.15, -0.1) is 0 Å². The first-order valence-corrected chi connectivity index (χ1v) is 10.0. The van der Waals surface area contributed by atoms with Crippen LogP contribution in [0.25, 0.3) is 0 Å². The third kappa shape index (κ3) is 4.67. The molecule has 1 aromatic carbocycles. The Hall–Kier alpha value is -2.48. The minimum atomic E-state index is -0.465. The van der Waals surface area contributed by atoms with Crippen molar-refractivity contribution in [1.82, 2.24) is 15.5 Å². The summed E-state index contributed by atoms with van der Waals surface area (Å²) in [5.74, 6) is 0.249. The number of carbonyl (C=O) groups is 2. The maximum absolute atomic E-state index is 12.9. The number of nitrogens with one attached hydrogen (secondary N) is 2. The van der Waals surface area contributed by atoms with E-state index in [2.05, 4.69) is 10.6 Å². The second-order valence-corrected chi connectivity index (χ2v) is 7.71. The lowest BCUT2D eigenvalue weighted by Gasteiger charge is -2.25. The molecule has 0 aliphatic carbocycles. The van der Waals surface area contributed by atoms with Gasteiger partial charge >= 0.3 is 0 Å². The molecule has 2 unspecified atom stereocenters. The zero-order valence-electron chi connectivity index (χ0n) is 16.3. The van der Waals surface area contributed by atoms with Crippen molar-refractivity contribution < 1.29 is 14.5 Å². The highest BCUT2D eigenvalue weighted by Crippen LogP contribution is 2.24. The zero-order valence-corrected chi connectivity index (χ0v) is 16.3. The van der Waals surface area contributed by atoms with Crippen LogP contribution >= 0.6 is 0 Å². The largest absolute Gasteiger partial charge is 0.354 e. The Labute approximate surface area is 164 Å². The number of nitro groups is 1. The fourth-order valence-corrected chi connectivity index (χ4v) is 4.13. The summed E-state index contributed by atoms with van der Waals surface area (Å²) in [7, 11) is 0. The Morgan fingerprint density at radius 2 is 2.14 bits per heavy atom. The van der Waals surface area contributed by atoms with Gasteiger partial charge in [-0.2, -0.15) is 0 Å². The highest BCUT2D eigenvalue weighted by Gasteiger charge is 2.34. The number of piperidine rings is 1. The van der Waals surface area contributed by atoms with Gasteiger partial charge in [0.05, 0.1) is 4.92 Å². The van der Waals surface area contributed by atoms with Crippen LogP contribution < -0.4 is 10.6 Å². The van der Waals surface area contributed by atoms with Crippen LogP contribution in [0.5, 0.6) is 0 Å². The highest BCUT2D eigenvalue weighted by atomic mass is 16.6. The van der Waals surface area contributed by atoms with Crippen LogP contribution in [-0.4, -0.2) is 53.9 Å². The summed E-state index contributed by atoms with van der Waals surface area (Å²) >= 11 is 0. The maximum Gasteiger partial charge on any atom is 0.272 e. The van der Waals surface area contributed by atoms with E-state index in [4.69, 9.17) is 0 Å². The third-order valence-electron chi connectivity index (χ3n) is 5.71. The molecule has 2 heterocycles. The molecule has 0 spiro atoms. The maximum atomic E-state index is 12.9. The quantitative estimate of drug-likeness (QED) is 0.573. The number of likely N-dealkylation sites (tertiary alicyclic amines) is 1. The molecule has 152 valence electrons. The molecule has 2 fully saturated rings. The molecule has 0 aromatic heterocycles. The van der Waals surface area contributed by atoms with Gasteiger partial charge in [-0.3, -0.25) is 19.7 Å². The van der Waals surface area contributed by atoms with Crippen LogP contribution in [0, 0.1) is 23.0 Å². The minimum Gasteiger partial charge on any atom is -0.354 e. The summed E-state index contributed by atoms with van der Waals surface area (Å²) < 4.78 is 0. The molecule has 8 nitrogen and oxygen atoms in total. The van der Waals surface area contributed by atoms with Crippen molar-refractivity contribution in [2.45, 2.75) is 45.1 Å². The van der Waals surface area contributed by atoms with E-state index in [9.17, 15) is 19.7 Å². The van der Waals surface area contributed by atoms with Crippen molar-refractivity contribution in [2.75, 3.05) is 26.2 Å². The molecule has 0 saturated carbocycles. The van der Waals surface area contributed by atoms with Crippen LogP contribution in [0.3, 0.4) is 0 Å². The fourth-order valence-electron chi connectivity index (χ4n) is 4.13. The Kier molecular flexibility index (Phi) is 6.61. The molecule has 2 atom stereocenters. The Morgan fingerprint density at radius 3 is 2.82 bits per heavy atom. The van der Waals surface area contributed by atoms with E-state index in [0.29, 0.717) is 36.6 Å². The molecule has 2 aliphatic heterocycles. The summed E-state index contributed by atoms with van der Waals surface area (Å²) in [5.41, 5.74) is 0.817. The van der Waals surface area contributed by atoms with Gasteiger partial charge in [0.1, 0.15) is 6.04 Å².